The number of anilines is 1. The summed E-state index contributed by atoms with van der Waals surface area (Å²) in [5.41, 5.74) is 0.564. The first kappa shape index (κ1) is 21.6. The topological polar surface area (TPSA) is 107 Å². The second kappa shape index (κ2) is 8.57. The summed E-state index contributed by atoms with van der Waals surface area (Å²) in [6.07, 6.45) is 0. The summed E-state index contributed by atoms with van der Waals surface area (Å²) < 4.78 is 32.5. The maximum absolute atomic E-state index is 13.4. The van der Waals surface area contributed by atoms with Crippen molar-refractivity contribution >= 4 is 39.0 Å². The van der Waals surface area contributed by atoms with E-state index in [0.29, 0.717) is 16.1 Å². The number of esters is 1. The van der Waals surface area contributed by atoms with Gasteiger partial charge in [-0.15, -0.1) is 0 Å². The zero-order chi connectivity index (χ0) is 21.1. The van der Waals surface area contributed by atoms with Gasteiger partial charge in [-0.2, -0.15) is 0 Å². The molecular weight excluding hydrogens is 408 g/mol. The van der Waals surface area contributed by atoms with Gasteiger partial charge in [-0.1, -0.05) is 23.7 Å². The lowest BCUT2D eigenvalue weighted by molar-refractivity contribution is -0.385. The van der Waals surface area contributed by atoms with E-state index in [4.69, 9.17) is 16.3 Å². The van der Waals surface area contributed by atoms with Crippen LogP contribution in [-0.2, 0) is 19.6 Å². The summed E-state index contributed by atoms with van der Waals surface area (Å²) in [5, 5.41) is 11.4. The monoisotopic (exact) mass is 426 g/mol. The number of hydrogen-bond donors (Lipinski definition) is 0. The highest BCUT2D eigenvalue weighted by Gasteiger charge is 2.31. The van der Waals surface area contributed by atoms with Crippen molar-refractivity contribution in [1.82, 2.24) is 0 Å². The molecule has 0 atom stereocenters. The van der Waals surface area contributed by atoms with Crippen LogP contribution in [0, 0.1) is 24.0 Å². The molecule has 0 saturated heterocycles. The summed E-state index contributed by atoms with van der Waals surface area (Å²) in [6, 6.07) is 8.19. The van der Waals surface area contributed by atoms with Crippen LogP contribution in [-0.4, -0.2) is 32.5 Å². The Morgan fingerprint density at radius 2 is 1.93 bits per heavy atom. The fourth-order valence-electron chi connectivity index (χ4n) is 2.59. The second-order valence-electron chi connectivity index (χ2n) is 5.91. The molecule has 28 heavy (non-hydrogen) atoms. The molecule has 0 radical (unpaired) electrons. The number of nitro benzene ring substituents is 1. The van der Waals surface area contributed by atoms with E-state index in [1.54, 1.807) is 26.0 Å². The van der Waals surface area contributed by atoms with Crippen LogP contribution in [0.4, 0.5) is 11.4 Å². The molecule has 150 valence electrons. The van der Waals surface area contributed by atoms with Crippen molar-refractivity contribution in [2.24, 2.45) is 0 Å². The van der Waals surface area contributed by atoms with Gasteiger partial charge in [0.25, 0.3) is 15.7 Å². The third-order valence-electron chi connectivity index (χ3n) is 4.04. The maximum atomic E-state index is 13.4. The molecular formula is C18H19ClN2O6S. The van der Waals surface area contributed by atoms with E-state index in [9.17, 15) is 23.3 Å². The Bertz CT molecular complexity index is 1020. The number of carbonyl (C=O) groups is 1. The number of non-ortho nitro benzene ring substituents is 1. The fourth-order valence-corrected chi connectivity index (χ4v) is 4.47. The molecule has 0 spiro atoms. The molecule has 0 amide bonds. The average Bonchev–Trinajstić information content (AvgIpc) is 2.62. The Kier molecular flexibility index (Phi) is 6.63. The number of nitrogens with zero attached hydrogens (tertiary/aromatic N) is 2. The van der Waals surface area contributed by atoms with Gasteiger partial charge in [-0.05, 0) is 44.0 Å². The van der Waals surface area contributed by atoms with Crippen molar-refractivity contribution in [2.75, 3.05) is 17.5 Å². The zero-order valence-corrected chi connectivity index (χ0v) is 17.1. The zero-order valence-electron chi connectivity index (χ0n) is 15.5. The minimum atomic E-state index is -4.32. The highest BCUT2D eigenvalue weighted by molar-refractivity contribution is 7.93. The van der Waals surface area contributed by atoms with Crippen molar-refractivity contribution in [2.45, 2.75) is 25.7 Å². The van der Waals surface area contributed by atoms with E-state index in [1.165, 1.54) is 25.1 Å². The Morgan fingerprint density at radius 3 is 2.54 bits per heavy atom. The van der Waals surface area contributed by atoms with E-state index < -0.39 is 27.5 Å². The normalized spacial score (nSPS) is 11.1. The molecule has 0 aliphatic heterocycles. The second-order valence-corrected chi connectivity index (χ2v) is 8.15. The van der Waals surface area contributed by atoms with Crippen molar-refractivity contribution in [1.29, 1.82) is 0 Å². The van der Waals surface area contributed by atoms with Crippen LogP contribution in [0.5, 0.6) is 0 Å². The fraction of sp³-hybridized carbons (Fsp3) is 0.278. The third-order valence-corrected chi connectivity index (χ3v) is 6.35. The molecule has 0 unspecified atom stereocenters. The summed E-state index contributed by atoms with van der Waals surface area (Å²) in [5.74, 6) is -0.756. The number of sulfonamides is 1. The largest absolute Gasteiger partial charge is 0.465 e. The van der Waals surface area contributed by atoms with E-state index >= 15 is 0 Å². The Hall–Kier alpha value is -2.65. The molecule has 0 aromatic heterocycles. The van der Waals surface area contributed by atoms with Gasteiger partial charge in [0.1, 0.15) is 6.54 Å². The number of aryl methyl sites for hydroxylation is 1. The van der Waals surface area contributed by atoms with Crippen LogP contribution in [0.1, 0.15) is 18.1 Å². The van der Waals surface area contributed by atoms with Crippen LogP contribution in [0.25, 0.3) is 0 Å². The van der Waals surface area contributed by atoms with Gasteiger partial charge in [0.15, 0.2) is 0 Å². The molecule has 0 heterocycles. The molecule has 2 aromatic rings. The number of hydrogen-bond acceptors (Lipinski definition) is 6. The van der Waals surface area contributed by atoms with Crippen LogP contribution in [0.2, 0.25) is 5.02 Å². The molecule has 0 saturated carbocycles. The number of nitro groups is 1. The lowest BCUT2D eigenvalue weighted by Gasteiger charge is -2.26. The van der Waals surface area contributed by atoms with Gasteiger partial charge in [0.05, 0.1) is 22.1 Å². The van der Waals surface area contributed by atoms with Gasteiger partial charge in [0, 0.05) is 17.2 Å². The van der Waals surface area contributed by atoms with Gasteiger partial charge in [-0.25, -0.2) is 8.42 Å². The average molecular weight is 427 g/mol. The van der Waals surface area contributed by atoms with Gasteiger partial charge >= 0.3 is 5.97 Å². The van der Waals surface area contributed by atoms with Crippen LogP contribution in [0.3, 0.4) is 0 Å². The van der Waals surface area contributed by atoms with E-state index in [0.717, 1.165) is 10.4 Å². The van der Waals surface area contributed by atoms with Gasteiger partial charge in [-0.3, -0.25) is 19.2 Å². The third kappa shape index (κ3) is 4.42. The molecule has 0 fully saturated rings. The van der Waals surface area contributed by atoms with Crippen LogP contribution >= 0.6 is 11.6 Å². The molecule has 2 aromatic carbocycles. The lowest BCUT2D eigenvalue weighted by atomic mass is 10.2. The standard InChI is InChI=1S/C18H19ClN2O6S/c1-4-27-18(22)11-20(16-7-5-6-15(19)13(16)3)28(25,26)17-10-14(21(23)24)9-8-12(17)2/h5-10H,4,11H2,1-3H3. The Labute approximate surface area is 167 Å². The van der Waals surface area contributed by atoms with E-state index in [-0.39, 0.29) is 22.9 Å². The lowest BCUT2D eigenvalue weighted by Crippen LogP contribution is -2.37. The Balaban J connectivity index is 2.68. The summed E-state index contributed by atoms with van der Waals surface area (Å²) in [6.45, 7) is 4.22. The predicted molar refractivity (Wildman–Crippen MR) is 105 cm³/mol. The van der Waals surface area contributed by atoms with Crippen molar-refractivity contribution in [3.05, 3.63) is 62.7 Å². The van der Waals surface area contributed by atoms with Crippen molar-refractivity contribution in [3.63, 3.8) is 0 Å². The van der Waals surface area contributed by atoms with Crippen LogP contribution < -0.4 is 4.31 Å². The quantitative estimate of drug-likeness (QED) is 0.380. The minimum absolute atomic E-state index is 0.0804. The number of rotatable bonds is 7. The first-order valence-corrected chi connectivity index (χ1v) is 10.1. The SMILES string of the molecule is CCOC(=O)CN(c1cccc(Cl)c1C)S(=O)(=O)c1cc([N+](=O)[O-])ccc1C. The Morgan fingerprint density at radius 1 is 1.25 bits per heavy atom. The van der Waals surface area contributed by atoms with Crippen molar-refractivity contribution < 1.29 is 22.9 Å². The molecule has 0 bridgehead atoms. The van der Waals surface area contributed by atoms with Gasteiger partial charge < -0.3 is 4.74 Å². The van der Waals surface area contributed by atoms with E-state index in [1.807, 2.05) is 0 Å². The number of ether oxygens (including phenoxy) is 1. The van der Waals surface area contributed by atoms with Gasteiger partial charge in [0.2, 0.25) is 0 Å². The predicted octanol–water partition coefficient (Wildman–Crippen LogP) is 3.62. The summed E-state index contributed by atoms with van der Waals surface area (Å²) >= 11 is 6.12. The maximum Gasteiger partial charge on any atom is 0.326 e. The van der Waals surface area contributed by atoms with Crippen molar-refractivity contribution in [3.8, 4) is 0 Å². The molecule has 10 heteroatoms. The molecule has 2 rings (SSSR count). The summed E-state index contributed by atoms with van der Waals surface area (Å²) in [7, 11) is -4.32. The summed E-state index contributed by atoms with van der Waals surface area (Å²) in [4.78, 5) is 22.2. The highest BCUT2D eigenvalue weighted by atomic mass is 35.5. The molecule has 0 aliphatic carbocycles. The first-order valence-electron chi connectivity index (χ1n) is 8.28. The smallest absolute Gasteiger partial charge is 0.326 e. The minimum Gasteiger partial charge on any atom is -0.465 e. The first-order chi connectivity index (χ1) is 13.1. The number of benzene rings is 2. The van der Waals surface area contributed by atoms with Crippen LogP contribution in [0.15, 0.2) is 41.3 Å². The van der Waals surface area contributed by atoms with E-state index in [2.05, 4.69) is 0 Å². The molecule has 8 nitrogen and oxygen atoms in total. The molecule has 0 aliphatic rings. The number of carbonyl (C=O) groups excluding carboxylic acids is 1. The highest BCUT2D eigenvalue weighted by Crippen LogP contribution is 2.32. The molecule has 0 N–H and O–H groups in total. The number of halogens is 1.